The third-order valence-corrected chi connectivity index (χ3v) is 5.62. The second kappa shape index (κ2) is 10.4. The Kier molecular flexibility index (Phi) is 7.17. The predicted molar refractivity (Wildman–Crippen MR) is 129 cm³/mol. The van der Waals surface area contributed by atoms with Crippen molar-refractivity contribution in [3.05, 3.63) is 89.0 Å². The van der Waals surface area contributed by atoms with Gasteiger partial charge in [-0.25, -0.2) is 9.37 Å². The average molecular weight is 497 g/mol. The van der Waals surface area contributed by atoms with Gasteiger partial charge in [0.25, 0.3) is 11.8 Å². The van der Waals surface area contributed by atoms with E-state index in [-0.39, 0.29) is 27.9 Å². The molecule has 1 aromatic heterocycles. The van der Waals surface area contributed by atoms with E-state index in [1.165, 1.54) is 31.4 Å². The number of para-hydroxylation sites is 2. The minimum atomic E-state index is -0.681. The summed E-state index contributed by atoms with van der Waals surface area (Å²) in [6.45, 7) is -0.0459. The van der Waals surface area contributed by atoms with Gasteiger partial charge in [-0.05, 0) is 42.0 Å². The maximum Gasteiger partial charge on any atom is 0.255 e. The van der Waals surface area contributed by atoms with Crippen LogP contribution in [0.3, 0.4) is 0 Å². The Morgan fingerprint density at radius 1 is 1.17 bits per heavy atom. The largest absolute Gasteiger partial charge is 0.493 e. The first kappa shape index (κ1) is 24.0. The quantitative estimate of drug-likeness (QED) is 0.365. The molecule has 4 aromatic rings. The Balaban J connectivity index is 1.63. The van der Waals surface area contributed by atoms with Crippen LogP contribution >= 0.6 is 11.6 Å². The molecule has 8 nitrogen and oxygen atoms in total. The number of imidazole rings is 1. The third kappa shape index (κ3) is 5.52. The number of hydrogen-bond donors (Lipinski definition) is 2. The van der Waals surface area contributed by atoms with Crippen molar-refractivity contribution in [2.24, 2.45) is 5.73 Å². The lowest BCUT2D eigenvalue weighted by Gasteiger charge is -2.21. The lowest BCUT2D eigenvalue weighted by Crippen LogP contribution is -2.31. The molecule has 3 N–H and O–H groups in total. The zero-order valence-corrected chi connectivity index (χ0v) is 19.5. The van der Waals surface area contributed by atoms with E-state index >= 15 is 0 Å². The van der Waals surface area contributed by atoms with Gasteiger partial charge in [-0.2, -0.15) is 0 Å². The number of nitrogens with one attached hydrogen (secondary N) is 1. The van der Waals surface area contributed by atoms with Crippen LogP contribution in [0.4, 0.5) is 4.39 Å². The number of amides is 2. The van der Waals surface area contributed by atoms with Crippen molar-refractivity contribution in [2.75, 3.05) is 13.7 Å². The molecule has 4 rings (SSSR count). The number of hydrogen-bond acceptors (Lipinski definition) is 5. The van der Waals surface area contributed by atoms with Crippen LogP contribution in [-0.4, -0.2) is 35.1 Å². The SMILES string of the molecule is COc1cc(C(=O)NC(Cn2cnc3ccccc32)c2ccc(F)cc2)cc(Cl)c1OCC(N)=O. The molecule has 0 radical (unpaired) electrons. The zero-order valence-electron chi connectivity index (χ0n) is 18.7. The summed E-state index contributed by atoms with van der Waals surface area (Å²) in [5.41, 5.74) is 7.76. The Hall–Kier alpha value is -4.11. The van der Waals surface area contributed by atoms with E-state index in [0.717, 1.165) is 11.0 Å². The number of rotatable bonds is 9. The molecule has 0 aliphatic carbocycles. The number of fused-ring (bicyclic) bond motifs is 1. The molecule has 2 amide bonds. The lowest BCUT2D eigenvalue weighted by atomic mass is 10.1. The molecule has 1 unspecified atom stereocenters. The molecule has 0 saturated heterocycles. The number of aromatic nitrogens is 2. The van der Waals surface area contributed by atoms with E-state index in [2.05, 4.69) is 10.3 Å². The molecular weight excluding hydrogens is 475 g/mol. The number of carbonyl (C=O) groups excluding carboxylic acids is 2. The molecule has 0 bridgehead atoms. The Morgan fingerprint density at radius 3 is 2.63 bits per heavy atom. The van der Waals surface area contributed by atoms with Gasteiger partial charge in [-0.1, -0.05) is 35.9 Å². The van der Waals surface area contributed by atoms with Crippen molar-refractivity contribution in [2.45, 2.75) is 12.6 Å². The number of benzene rings is 3. The molecule has 10 heteroatoms. The molecule has 1 heterocycles. The standard InChI is InChI=1S/C25H22ClFN4O4/c1-34-22-11-16(10-18(26)24(22)35-13-23(28)32)25(33)30-20(15-6-8-17(27)9-7-15)12-31-14-29-19-4-2-3-5-21(19)31/h2-11,14,20H,12-13H2,1H3,(H2,28,32)(H,30,33). The minimum absolute atomic E-state index is 0.0784. The number of nitrogens with two attached hydrogens (primary N) is 1. The molecular formula is C25H22ClFN4O4. The molecule has 0 aliphatic heterocycles. The Bertz CT molecular complexity index is 1370. The topological polar surface area (TPSA) is 108 Å². The van der Waals surface area contributed by atoms with Crippen molar-refractivity contribution < 1.29 is 23.5 Å². The van der Waals surface area contributed by atoms with E-state index in [0.29, 0.717) is 12.1 Å². The lowest BCUT2D eigenvalue weighted by molar-refractivity contribution is -0.119. The smallest absolute Gasteiger partial charge is 0.255 e. The van der Waals surface area contributed by atoms with Crippen LogP contribution in [0, 0.1) is 5.82 Å². The first-order valence-corrected chi connectivity index (χ1v) is 11.0. The second-order valence-corrected chi connectivity index (χ2v) is 8.11. The first-order valence-electron chi connectivity index (χ1n) is 10.6. The highest BCUT2D eigenvalue weighted by Gasteiger charge is 2.21. The van der Waals surface area contributed by atoms with Gasteiger partial charge in [0.05, 0.1) is 35.5 Å². The third-order valence-electron chi connectivity index (χ3n) is 5.33. The van der Waals surface area contributed by atoms with Crippen LogP contribution in [0.15, 0.2) is 67.0 Å². The summed E-state index contributed by atoms with van der Waals surface area (Å²) in [5, 5.41) is 3.06. The summed E-state index contributed by atoms with van der Waals surface area (Å²) < 4.78 is 26.1. The normalized spacial score (nSPS) is 11.7. The van der Waals surface area contributed by atoms with Crippen LogP contribution in [0.1, 0.15) is 22.0 Å². The van der Waals surface area contributed by atoms with Crippen molar-refractivity contribution in [1.29, 1.82) is 0 Å². The predicted octanol–water partition coefficient (Wildman–Crippen LogP) is 3.87. The number of carbonyl (C=O) groups is 2. The second-order valence-electron chi connectivity index (χ2n) is 7.71. The van der Waals surface area contributed by atoms with E-state index in [4.69, 9.17) is 26.8 Å². The van der Waals surface area contributed by atoms with Gasteiger partial charge in [-0.3, -0.25) is 9.59 Å². The van der Waals surface area contributed by atoms with Crippen molar-refractivity contribution in [1.82, 2.24) is 14.9 Å². The zero-order chi connectivity index (χ0) is 24.9. The van der Waals surface area contributed by atoms with Gasteiger partial charge in [0.1, 0.15) is 5.82 Å². The minimum Gasteiger partial charge on any atom is -0.493 e. The monoisotopic (exact) mass is 496 g/mol. The Labute approximate surface area is 205 Å². The summed E-state index contributed by atoms with van der Waals surface area (Å²) >= 11 is 6.30. The number of methoxy groups -OCH3 is 1. The van der Waals surface area contributed by atoms with Gasteiger partial charge >= 0.3 is 0 Å². The van der Waals surface area contributed by atoms with Gasteiger partial charge in [-0.15, -0.1) is 0 Å². The highest BCUT2D eigenvalue weighted by atomic mass is 35.5. The van der Waals surface area contributed by atoms with Crippen molar-refractivity contribution in [3.63, 3.8) is 0 Å². The number of halogens is 2. The van der Waals surface area contributed by atoms with Crippen LogP contribution < -0.4 is 20.5 Å². The maximum atomic E-state index is 13.6. The van der Waals surface area contributed by atoms with Gasteiger partial charge < -0.3 is 25.1 Å². The fraction of sp³-hybridized carbons (Fsp3) is 0.160. The molecule has 0 aliphatic rings. The molecule has 3 aromatic carbocycles. The van der Waals surface area contributed by atoms with E-state index in [9.17, 15) is 14.0 Å². The fourth-order valence-corrected chi connectivity index (χ4v) is 3.92. The summed E-state index contributed by atoms with van der Waals surface area (Å²) in [5.74, 6) is -1.23. The number of primary amides is 1. The molecule has 0 spiro atoms. The molecule has 180 valence electrons. The van der Waals surface area contributed by atoms with Crippen molar-refractivity contribution in [3.8, 4) is 11.5 Å². The molecule has 0 saturated carbocycles. The van der Waals surface area contributed by atoms with Crippen molar-refractivity contribution >= 4 is 34.4 Å². The van der Waals surface area contributed by atoms with E-state index in [1.54, 1.807) is 18.5 Å². The highest BCUT2D eigenvalue weighted by molar-refractivity contribution is 6.32. The summed E-state index contributed by atoms with van der Waals surface area (Å²) in [7, 11) is 1.38. The van der Waals surface area contributed by atoms with Crippen LogP contribution in [0.25, 0.3) is 11.0 Å². The summed E-state index contributed by atoms with van der Waals surface area (Å²) in [6, 6.07) is 15.9. The molecule has 0 fully saturated rings. The van der Waals surface area contributed by atoms with Crippen LogP contribution in [-0.2, 0) is 11.3 Å². The average Bonchev–Trinajstić information content (AvgIpc) is 3.25. The molecule has 35 heavy (non-hydrogen) atoms. The highest BCUT2D eigenvalue weighted by Crippen LogP contribution is 2.36. The first-order chi connectivity index (χ1) is 16.9. The summed E-state index contributed by atoms with van der Waals surface area (Å²) in [4.78, 5) is 28.7. The van der Waals surface area contributed by atoms with Crippen LogP contribution in [0.2, 0.25) is 5.02 Å². The molecule has 1 atom stereocenters. The fourth-order valence-electron chi connectivity index (χ4n) is 3.66. The van der Waals surface area contributed by atoms with E-state index in [1.807, 2.05) is 28.8 Å². The van der Waals surface area contributed by atoms with Gasteiger partial charge in [0.15, 0.2) is 18.1 Å². The Morgan fingerprint density at radius 2 is 1.91 bits per heavy atom. The number of nitrogens with zero attached hydrogens (tertiary/aromatic N) is 2. The number of ether oxygens (including phenoxy) is 2. The van der Waals surface area contributed by atoms with Crippen LogP contribution in [0.5, 0.6) is 11.5 Å². The van der Waals surface area contributed by atoms with Gasteiger partial charge in [0, 0.05) is 12.1 Å². The van der Waals surface area contributed by atoms with Gasteiger partial charge in [0.2, 0.25) is 0 Å². The summed E-state index contributed by atoms with van der Waals surface area (Å²) in [6.07, 6.45) is 1.69. The maximum absolute atomic E-state index is 13.6. The van der Waals surface area contributed by atoms with E-state index < -0.39 is 24.5 Å².